The van der Waals surface area contributed by atoms with Crippen molar-refractivity contribution in [3.05, 3.63) is 22.6 Å². The molecule has 1 heterocycles. The van der Waals surface area contributed by atoms with Crippen LogP contribution in [0.2, 0.25) is 0 Å². The van der Waals surface area contributed by atoms with E-state index in [1.54, 1.807) is 0 Å². The molecule has 0 bridgehead atoms. The second kappa shape index (κ2) is 2.89. The second-order valence-electron chi connectivity index (χ2n) is 3.60. The van der Waals surface area contributed by atoms with Crippen LogP contribution in [0.4, 0.5) is 0 Å². The molecule has 1 aliphatic rings. The van der Waals surface area contributed by atoms with E-state index in [9.17, 15) is 0 Å². The molecule has 1 saturated carbocycles. The molecule has 0 spiro atoms. The van der Waals surface area contributed by atoms with E-state index in [0.29, 0.717) is 0 Å². The predicted octanol–water partition coefficient (Wildman–Crippen LogP) is 2.47. The van der Waals surface area contributed by atoms with Gasteiger partial charge in [-0.1, -0.05) is 0 Å². The molecule has 2 N–H and O–H groups in total. The van der Waals surface area contributed by atoms with Crippen LogP contribution in [0.15, 0.2) is 21.2 Å². The van der Waals surface area contributed by atoms with Crippen LogP contribution in [0.5, 0.6) is 0 Å². The molecule has 3 heteroatoms. The van der Waals surface area contributed by atoms with Crippen LogP contribution in [-0.2, 0) is 6.42 Å². The van der Waals surface area contributed by atoms with Crippen LogP contribution in [0.1, 0.15) is 25.0 Å². The van der Waals surface area contributed by atoms with Gasteiger partial charge >= 0.3 is 0 Å². The molecule has 0 aliphatic heterocycles. The number of nitrogens with two attached hydrogens (primary N) is 1. The van der Waals surface area contributed by atoms with Gasteiger partial charge in [-0.05, 0) is 47.3 Å². The summed E-state index contributed by atoms with van der Waals surface area (Å²) in [6, 6.07) is 3.90. The lowest BCUT2D eigenvalue weighted by Crippen LogP contribution is -2.48. The Morgan fingerprint density at radius 1 is 1.50 bits per heavy atom. The Hall–Kier alpha value is -0.280. The van der Waals surface area contributed by atoms with Gasteiger partial charge in [0, 0.05) is 12.0 Å². The van der Waals surface area contributed by atoms with E-state index in [-0.39, 0.29) is 5.54 Å². The molecule has 0 aromatic carbocycles. The lowest BCUT2D eigenvalue weighted by atomic mass is 9.75. The monoisotopic (exact) mass is 229 g/mol. The lowest BCUT2D eigenvalue weighted by molar-refractivity contribution is 0.232. The van der Waals surface area contributed by atoms with E-state index in [1.807, 2.05) is 12.1 Å². The third-order valence-corrected chi connectivity index (χ3v) is 2.93. The zero-order chi connectivity index (χ0) is 8.60. The highest BCUT2D eigenvalue weighted by Gasteiger charge is 2.33. The Labute approximate surface area is 80.3 Å². The molecule has 12 heavy (non-hydrogen) atoms. The highest BCUT2D eigenvalue weighted by molar-refractivity contribution is 9.10. The van der Waals surface area contributed by atoms with E-state index in [4.69, 9.17) is 10.2 Å². The minimum absolute atomic E-state index is 0.0251. The van der Waals surface area contributed by atoms with Crippen molar-refractivity contribution in [3.63, 3.8) is 0 Å². The van der Waals surface area contributed by atoms with Crippen molar-refractivity contribution < 1.29 is 4.42 Å². The minimum Gasteiger partial charge on any atom is -0.454 e. The topological polar surface area (TPSA) is 39.2 Å². The fraction of sp³-hybridized carbons (Fsp3) is 0.556. The summed E-state index contributed by atoms with van der Waals surface area (Å²) in [7, 11) is 0. The predicted molar refractivity (Wildman–Crippen MR) is 50.9 cm³/mol. The number of hydrogen-bond acceptors (Lipinski definition) is 2. The van der Waals surface area contributed by atoms with E-state index in [2.05, 4.69) is 15.9 Å². The lowest BCUT2D eigenvalue weighted by Gasteiger charge is -2.37. The smallest absolute Gasteiger partial charge is 0.169 e. The summed E-state index contributed by atoms with van der Waals surface area (Å²) in [5.41, 5.74) is 6.09. The van der Waals surface area contributed by atoms with Crippen molar-refractivity contribution in [2.45, 2.75) is 31.2 Å². The maximum atomic E-state index is 6.07. The summed E-state index contributed by atoms with van der Waals surface area (Å²) in [5, 5.41) is 0. The first-order chi connectivity index (χ1) is 5.68. The normalized spacial score (nSPS) is 20.5. The van der Waals surface area contributed by atoms with E-state index < -0.39 is 0 Å². The average molecular weight is 230 g/mol. The summed E-state index contributed by atoms with van der Waals surface area (Å²) in [5.74, 6) is 0.990. The van der Waals surface area contributed by atoms with E-state index >= 15 is 0 Å². The summed E-state index contributed by atoms with van der Waals surface area (Å²) < 4.78 is 6.18. The van der Waals surface area contributed by atoms with Crippen LogP contribution < -0.4 is 5.73 Å². The van der Waals surface area contributed by atoms with Gasteiger partial charge in [-0.3, -0.25) is 0 Å². The van der Waals surface area contributed by atoms with Gasteiger partial charge in [0.25, 0.3) is 0 Å². The van der Waals surface area contributed by atoms with Gasteiger partial charge in [0.2, 0.25) is 0 Å². The van der Waals surface area contributed by atoms with Crippen molar-refractivity contribution in [1.82, 2.24) is 0 Å². The largest absolute Gasteiger partial charge is 0.454 e. The van der Waals surface area contributed by atoms with Gasteiger partial charge in [0.05, 0.1) is 0 Å². The second-order valence-corrected chi connectivity index (χ2v) is 4.38. The molecular formula is C9H12BrNO. The van der Waals surface area contributed by atoms with Gasteiger partial charge < -0.3 is 10.2 Å². The molecule has 0 unspecified atom stereocenters. The Kier molecular flexibility index (Phi) is 2.00. The van der Waals surface area contributed by atoms with Crippen molar-refractivity contribution in [1.29, 1.82) is 0 Å². The van der Waals surface area contributed by atoms with Crippen molar-refractivity contribution in [2.75, 3.05) is 0 Å². The van der Waals surface area contributed by atoms with Crippen LogP contribution >= 0.6 is 15.9 Å². The Morgan fingerprint density at radius 3 is 2.67 bits per heavy atom. The molecule has 66 valence electrons. The maximum Gasteiger partial charge on any atom is 0.169 e. The first-order valence-electron chi connectivity index (χ1n) is 4.21. The molecule has 1 aromatic rings. The minimum atomic E-state index is 0.0251. The van der Waals surface area contributed by atoms with Gasteiger partial charge in [0.1, 0.15) is 5.76 Å². The van der Waals surface area contributed by atoms with Crippen LogP contribution in [0.25, 0.3) is 0 Å². The van der Waals surface area contributed by atoms with E-state index in [1.165, 1.54) is 6.42 Å². The summed E-state index contributed by atoms with van der Waals surface area (Å²) in [6.07, 6.45) is 4.40. The Bertz CT molecular complexity index is 278. The quantitative estimate of drug-likeness (QED) is 0.847. The molecular weight excluding hydrogens is 218 g/mol. The van der Waals surface area contributed by atoms with Crippen LogP contribution in [0.3, 0.4) is 0 Å². The van der Waals surface area contributed by atoms with Gasteiger partial charge in [-0.25, -0.2) is 0 Å². The Morgan fingerprint density at radius 2 is 2.25 bits per heavy atom. The molecule has 0 atom stereocenters. The summed E-state index contributed by atoms with van der Waals surface area (Å²) in [4.78, 5) is 0. The SMILES string of the molecule is NC1(Cc2ccc(Br)o2)CCC1. The third-order valence-electron chi connectivity index (χ3n) is 2.50. The molecule has 2 nitrogen and oxygen atoms in total. The average Bonchev–Trinajstić information content (AvgIpc) is 2.32. The standard InChI is InChI=1S/C9H12BrNO/c10-8-3-2-7(12-8)6-9(11)4-1-5-9/h2-3H,1,4-6,11H2. The molecule has 0 radical (unpaired) electrons. The number of furan rings is 1. The number of halogens is 1. The van der Waals surface area contributed by atoms with Crippen molar-refractivity contribution in [2.24, 2.45) is 5.73 Å². The van der Waals surface area contributed by atoms with Gasteiger partial charge in [0.15, 0.2) is 4.67 Å². The zero-order valence-electron chi connectivity index (χ0n) is 6.85. The maximum absolute atomic E-state index is 6.07. The highest BCUT2D eigenvalue weighted by Crippen LogP contribution is 2.33. The first-order valence-corrected chi connectivity index (χ1v) is 5.00. The van der Waals surface area contributed by atoms with Crippen molar-refractivity contribution in [3.8, 4) is 0 Å². The molecule has 1 fully saturated rings. The number of hydrogen-bond donors (Lipinski definition) is 1. The number of rotatable bonds is 2. The van der Waals surface area contributed by atoms with E-state index in [0.717, 1.165) is 29.7 Å². The molecule has 0 saturated heterocycles. The molecule has 0 amide bonds. The van der Waals surface area contributed by atoms with Gasteiger partial charge in [-0.2, -0.15) is 0 Å². The molecule has 1 aromatic heterocycles. The fourth-order valence-electron chi connectivity index (χ4n) is 1.60. The van der Waals surface area contributed by atoms with Crippen LogP contribution in [-0.4, -0.2) is 5.54 Å². The van der Waals surface area contributed by atoms with Crippen molar-refractivity contribution >= 4 is 15.9 Å². The fourth-order valence-corrected chi connectivity index (χ4v) is 1.94. The van der Waals surface area contributed by atoms with Gasteiger partial charge in [-0.15, -0.1) is 0 Å². The van der Waals surface area contributed by atoms with Crippen LogP contribution in [0, 0.1) is 0 Å². The first kappa shape index (κ1) is 8.32. The zero-order valence-corrected chi connectivity index (χ0v) is 8.43. The molecule has 1 aliphatic carbocycles. The highest BCUT2D eigenvalue weighted by atomic mass is 79.9. The molecule has 2 rings (SSSR count). The third kappa shape index (κ3) is 1.57. The summed E-state index contributed by atoms with van der Waals surface area (Å²) in [6.45, 7) is 0. The summed E-state index contributed by atoms with van der Waals surface area (Å²) >= 11 is 3.27. The Balaban J connectivity index is 2.03.